The van der Waals surface area contributed by atoms with Crippen molar-refractivity contribution in [1.82, 2.24) is 4.98 Å². The van der Waals surface area contributed by atoms with Gasteiger partial charge in [-0.15, -0.1) is 11.8 Å². The molecule has 0 aliphatic rings. The molecule has 106 valence electrons. The third-order valence-corrected chi connectivity index (χ3v) is 4.91. The van der Waals surface area contributed by atoms with Gasteiger partial charge in [0.2, 0.25) is 0 Å². The Balaban J connectivity index is 1.78. The molecule has 1 aromatic heterocycles. The molecule has 3 rings (SSSR count). The van der Waals surface area contributed by atoms with Gasteiger partial charge in [0.15, 0.2) is 0 Å². The summed E-state index contributed by atoms with van der Waals surface area (Å²) >= 11 is 5.07. The first-order valence-electron chi connectivity index (χ1n) is 6.63. The predicted molar refractivity (Wildman–Crippen MR) is 91.6 cm³/mol. The predicted octanol–water partition coefficient (Wildman–Crippen LogP) is 4.82. The van der Waals surface area contributed by atoms with Crippen molar-refractivity contribution in [3.63, 3.8) is 0 Å². The van der Waals surface area contributed by atoms with Gasteiger partial charge in [-0.1, -0.05) is 34.1 Å². The van der Waals surface area contributed by atoms with E-state index in [2.05, 4.69) is 20.9 Å². The molecular formula is C17H14BrNOS. The average Bonchev–Trinajstić information content (AvgIpc) is 2.53. The van der Waals surface area contributed by atoms with Gasteiger partial charge in [-0.05, 0) is 41.3 Å². The van der Waals surface area contributed by atoms with Crippen LogP contribution in [0.5, 0.6) is 0 Å². The lowest BCUT2D eigenvalue weighted by Crippen LogP contribution is -2.01. The monoisotopic (exact) mass is 359 g/mol. The van der Waals surface area contributed by atoms with Gasteiger partial charge in [0, 0.05) is 32.9 Å². The fourth-order valence-electron chi connectivity index (χ4n) is 2.22. The van der Waals surface area contributed by atoms with E-state index in [0.717, 1.165) is 25.7 Å². The van der Waals surface area contributed by atoms with E-state index >= 15 is 0 Å². The topological polar surface area (TPSA) is 33.1 Å². The molecule has 0 fully saturated rings. The number of aromatic nitrogens is 1. The largest absolute Gasteiger partial charge is 0.388 e. The Morgan fingerprint density at radius 1 is 1.10 bits per heavy atom. The summed E-state index contributed by atoms with van der Waals surface area (Å²) in [7, 11) is 0. The number of aliphatic hydroxyl groups is 1. The van der Waals surface area contributed by atoms with Gasteiger partial charge >= 0.3 is 0 Å². The normalized spacial score (nSPS) is 12.5. The molecule has 1 atom stereocenters. The summed E-state index contributed by atoms with van der Waals surface area (Å²) in [6.45, 7) is 0. The molecule has 3 aromatic rings. The first kappa shape index (κ1) is 14.6. The highest BCUT2D eigenvalue weighted by Crippen LogP contribution is 2.29. The van der Waals surface area contributed by atoms with Crippen LogP contribution in [0.4, 0.5) is 0 Å². The van der Waals surface area contributed by atoms with Crippen molar-refractivity contribution in [2.75, 3.05) is 5.75 Å². The zero-order chi connectivity index (χ0) is 14.7. The van der Waals surface area contributed by atoms with E-state index in [-0.39, 0.29) is 0 Å². The quantitative estimate of drug-likeness (QED) is 0.677. The van der Waals surface area contributed by atoms with Gasteiger partial charge in [-0.2, -0.15) is 0 Å². The summed E-state index contributed by atoms with van der Waals surface area (Å²) in [5, 5.41) is 12.6. The third kappa shape index (κ3) is 3.46. The SMILES string of the molecule is OC(CSc1ccc(Br)cc1)c1cccc2ccncc12. The molecule has 0 aliphatic carbocycles. The minimum Gasteiger partial charge on any atom is -0.388 e. The van der Waals surface area contributed by atoms with E-state index in [0.29, 0.717) is 5.75 Å². The minimum absolute atomic E-state index is 0.508. The van der Waals surface area contributed by atoms with Gasteiger partial charge in [0.25, 0.3) is 0 Å². The molecule has 4 heteroatoms. The van der Waals surface area contributed by atoms with Crippen molar-refractivity contribution >= 4 is 38.5 Å². The van der Waals surface area contributed by atoms with Crippen LogP contribution in [0.2, 0.25) is 0 Å². The van der Waals surface area contributed by atoms with E-state index in [1.54, 1.807) is 18.0 Å². The number of aliphatic hydroxyl groups excluding tert-OH is 1. The summed E-state index contributed by atoms with van der Waals surface area (Å²) in [6, 6.07) is 16.1. The Kier molecular flexibility index (Phi) is 4.58. The van der Waals surface area contributed by atoms with Gasteiger partial charge in [-0.25, -0.2) is 0 Å². The molecule has 0 aliphatic heterocycles. The number of pyridine rings is 1. The second kappa shape index (κ2) is 6.60. The molecule has 21 heavy (non-hydrogen) atoms. The smallest absolute Gasteiger partial charge is 0.0890 e. The van der Waals surface area contributed by atoms with Crippen LogP contribution in [0.1, 0.15) is 11.7 Å². The number of benzene rings is 2. The second-order valence-electron chi connectivity index (χ2n) is 4.72. The molecule has 0 bridgehead atoms. The Hall–Kier alpha value is -1.36. The fourth-order valence-corrected chi connectivity index (χ4v) is 3.35. The summed E-state index contributed by atoms with van der Waals surface area (Å²) < 4.78 is 1.06. The lowest BCUT2D eigenvalue weighted by molar-refractivity contribution is 0.205. The van der Waals surface area contributed by atoms with Crippen molar-refractivity contribution in [3.05, 3.63) is 71.0 Å². The van der Waals surface area contributed by atoms with E-state index in [1.165, 1.54) is 0 Å². The molecule has 1 N–H and O–H groups in total. The lowest BCUT2D eigenvalue weighted by Gasteiger charge is -2.13. The van der Waals surface area contributed by atoms with Crippen molar-refractivity contribution in [1.29, 1.82) is 0 Å². The van der Waals surface area contributed by atoms with Crippen LogP contribution < -0.4 is 0 Å². The molecule has 1 heterocycles. The van der Waals surface area contributed by atoms with E-state index in [9.17, 15) is 5.11 Å². The molecule has 0 saturated heterocycles. The van der Waals surface area contributed by atoms with Crippen LogP contribution in [0.15, 0.2) is 70.3 Å². The number of hydrogen-bond donors (Lipinski definition) is 1. The molecule has 0 radical (unpaired) electrons. The van der Waals surface area contributed by atoms with E-state index in [4.69, 9.17) is 0 Å². The maximum atomic E-state index is 10.5. The van der Waals surface area contributed by atoms with Crippen LogP contribution >= 0.6 is 27.7 Å². The molecule has 2 nitrogen and oxygen atoms in total. The van der Waals surface area contributed by atoms with Crippen LogP contribution in [-0.2, 0) is 0 Å². The number of halogens is 1. The molecule has 1 unspecified atom stereocenters. The van der Waals surface area contributed by atoms with Crippen molar-refractivity contribution in [2.24, 2.45) is 0 Å². The highest BCUT2D eigenvalue weighted by Gasteiger charge is 2.11. The van der Waals surface area contributed by atoms with Gasteiger partial charge in [0.1, 0.15) is 0 Å². The van der Waals surface area contributed by atoms with Crippen LogP contribution in [-0.4, -0.2) is 15.8 Å². The van der Waals surface area contributed by atoms with Crippen LogP contribution in [0.25, 0.3) is 10.8 Å². The summed E-state index contributed by atoms with van der Waals surface area (Å²) in [5.41, 5.74) is 0.935. The van der Waals surface area contributed by atoms with Gasteiger partial charge < -0.3 is 5.11 Å². The highest BCUT2D eigenvalue weighted by atomic mass is 79.9. The van der Waals surface area contributed by atoms with Crippen molar-refractivity contribution in [2.45, 2.75) is 11.0 Å². The second-order valence-corrected chi connectivity index (χ2v) is 6.73. The third-order valence-electron chi connectivity index (χ3n) is 3.30. The highest BCUT2D eigenvalue weighted by molar-refractivity contribution is 9.10. The maximum absolute atomic E-state index is 10.5. The zero-order valence-electron chi connectivity index (χ0n) is 11.2. The Morgan fingerprint density at radius 3 is 2.71 bits per heavy atom. The molecule has 2 aromatic carbocycles. The zero-order valence-corrected chi connectivity index (χ0v) is 13.6. The van der Waals surface area contributed by atoms with Crippen LogP contribution in [0, 0.1) is 0 Å². The Morgan fingerprint density at radius 2 is 1.90 bits per heavy atom. The molecule has 0 amide bonds. The first-order chi connectivity index (χ1) is 10.2. The Labute approximate surface area is 136 Å². The lowest BCUT2D eigenvalue weighted by atomic mass is 10.0. The fraction of sp³-hybridized carbons (Fsp3) is 0.118. The summed E-state index contributed by atoms with van der Waals surface area (Å²) in [4.78, 5) is 5.31. The first-order valence-corrected chi connectivity index (χ1v) is 8.41. The number of thioether (sulfide) groups is 1. The van der Waals surface area contributed by atoms with E-state index < -0.39 is 6.10 Å². The summed E-state index contributed by atoms with van der Waals surface area (Å²) in [6.07, 6.45) is 3.08. The number of nitrogens with zero attached hydrogens (tertiary/aromatic N) is 1. The average molecular weight is 360 g/mol. The minimum atomic E-state index is -0.508. The molecule has 0 spiro atoms. The number of fused-ring (bicyclic) bond motifs is 1. The Bertz CT molecular complexity index is 740. The summed E-state index contributed by atoms with van der Waals surface area (Å²) in [5.74, 6) is 0.621. The molecular weight excluding hydrogens is 346 g/mol. The van der Waals surface area contributed by atoms with Gasteiger partial charge in [-0.3, -0.25) is 4.98 Å². The molecule has 0 saturated carbocycles. The standard InChI is InChI=1S/C17H14BrNOS/c18-13-4-6-14(7-5-13)21-11-17(20)15-3-1-2-12-8-9-19-10-16(12)15/h1-10,17,20H,11H2. The van der Waals surface area contributed by atoms with Gasteiger partial charge in [0.05, 0.1) is 6.10 Å². The maximum Gasteiger partial charge on any atom is 0.0890 e. The van der Waals surface area contributed by atoms with Crippen molar-refractivity contribution < 1.29 is 5.11 Å². The number of rotatable bonds is 4. The van der Waals surface area contributed by atoms with Crippen LogP contribution in [0.3, 0.4) is 0 Å². The van der Waals surface area contributed by atoms with Crippen molar-refractivity contribution in [3.8, 4) is 0 Å². The van der Waals surface area contributed by atoms with E-state index in [1.807, 2.05) is 54.7 Å². The number of hydrogen-bond acceptors (Lipinski definition) is 3.